The van der Waals surface area contributed by atoms with E-state index in [0.717, 1.165) is 26.1 Å². The summed E-state index contributed by atoms with van der Waals surface area (Å²) >= 11 is 0. The smallest absolute Gasteiger partial charge is 0.243 e. The van der Waals surface area contributed by atoms with Crippen molar-refractivity contribution in [3.63, 3.8) is 0 Å². The number of amides is 1. The summed E-state index contributed by atoms with van der Waals surface area (Å²) in [7, 11) is -3.41. The normalized spacial score (nSPS) is 30.5. The van der Waals surface area contributed by atoms with Crippen LogP contribution >= 0.6 is 0 Å². The van der Waals surface area contributed by atoms with Gasteiger partial charge in [-0.25, -0.2) is 8.42 Å². The van der Waals surface area contributed by atoms with E-state index in [2.05, 4.69) is 18.7 Å². The van der Waals surface area contributed by atoms with Gasteiger partial charge in [-0.15, -0.1) is 0 Å². The van der Waals surface area contributed by atoms with Gasteiger partial charge in [-0.1, -0.05) is 18.2 Å². The van der Waals surface area contributed by atoms with Crippen molar-refractivity contribution < 1.29 is 13.2 Å². The van der Waals surface area contributed by atoms with Crippen molar-refractivity contribution in [2.45, 2.75) is 37.2 Å². The molecule has 0 aliphatic carbocycles. The predicted molar refractivity (Wildman–Crippen MR) is 99.0 cm³/mol. The second-order valence-electron chi connectivity index (χ2n) is 8.04. The number of hydrogen-bond acceptors (Lipinski definition) is 4. The zero-order chi connectivity index (χ0) is 18.5. The highest BCUT2D eigenvalue weighted by Crippen LogP contribution is 2.36. The van der Waals surface area contributed by atoms with E-state index in [0.29, 0.717) is 29.8 Å². The molecule has 4 rings (SSSR count). The first-order valence-electron chi connectivity index (χ1n) is 9.47. The fourth-order valence-electron chi connectivity index (χ4n) is 4.72. The molecule has 3 unspecified atom stereocenters. The van der Waals surface area contributed by atoms with Gasteiger partial charge < -0.3 is 4.90 Å². The van der Waals surface area contributed by atoms with E-state index >= 15 is 0 Å². The highest BCUT2D eigenvalue weighted by atomic mass is 32.2. The van der Waals surface area contributed by atoms with Crippen LogP contribution in [-0.4, -0.2) is 73.2 Å². The minimum absolute atomic E-state index is 0.0119. The van der Waals surface area contributed by atoms with E-state index in [-0.39, 0.29) is 18.0 Å². The first-order valence-corrected chi connectivity index (χ1v) is 10.9. The molecule has 1 aromatic carbocycles. The SMILES string of the molecule is CC(C)N1CCC(N2CC3CN(S(=O)(=O)c4ccccc4)CC3C2)C1=O. The van der Waals surface area contributed by atoms with Gasteiger partial charge in [-0.2, -0.15) is 4.31 Å². The molecule has 3 atom stereocenters. The lowest BCUT2D eigenvalue weighted by Gasteiger charge is -2.26. The van der Waals surface area contributed by atoms with Crippen molar-refractivity contribution in [1.29, 1.82) is 0 Å². The van der Waals surface area contributed by atoms with Gasteiger partial charge in [0.15, 0.2) is 0 Å². The summed E-state index contributed by atoms with van der Waals surface area (Å²) in [6, 6.07) is 8.91. The lowest BCUT2D eigenvalue weighted by atomic mass is 10.0. The number of carbonyl (C=O) groups is 1. The fourth-order valence-corrected chi connectivity index (χ4v) is 6.29. The van der Waals surface area contributed by atoms with Gasteiger partial charge in [-0.3, -0.25) is 9.69 Å². The van der Waals surface area contributed by atoms with Crippen LogP contribution in [0, 0.1) is 11.8 Å². The summed E-state index contributed by atoms with van der Waals surface area (Å²) in [6.07, 6.45) is 0.891. The first-order chi connectivity index (χ1) is 12.4. The largest absolute Gasteiger partial charge is 0.339 e. The molecule has 7 heteroatoms. The summed E-state index contributed by atoms with van der Waals surface area (Å²) in [4.78, 5) is 17.3. The van der Waals surface area contributed by atoms with Crippen molar-refractivity contribution in [2.75, 3.05) is 32.7 Å². The Morgan fingerprint density at radius 2 is 1.62 bits per heavy atom. The van der Waals surface area contributed by atoms with Crippen LogP contribution in [0.4, 0.5) is 0 Å². The molecule has 3 fully saturated rings. The van der Waals surface area contributed by atoms with Gasteiger partial charge in [-0.05, 0) is 44.2 Å². The Balaban J connectivity index is 1.41. The molecule has 0 radical (unpaired) electrons. The van der Waals surface area contributed by atoms with Crippen molar-refractivity contribution in [3.8, 4) is 0 Å². The monoisotopic (exact) mass is 377 g/mol. The third kappa shape index (κ3) is 2.96. The number of benzene rings is 1. The fraction of sp³-hybridized carbons (Fsp3) is 0.632. The number of hydrogen-bond donors (Lipinski definition) is 0. The number of fused-ring (bicyclic) bond motifs is 1. The molecule has 3 aliphatic heterocycles. The molecule has 1 amide bonds. The number of rotatable bonds is 4. The molecule has 6 nitrogen and oxygen atoms in total. The average Bonchev–Trinajstić information content (AvgIpc) is 3.27. The van der Waals surface area contributed by atoms with Crippen molar-refractivity contribution in [1.82, 2.24) is 14.1 Å². The Labute approximate surface area is 155 Å². The quantitative estimate of drug-likeness (QED) is 0.792. The average molecular weight is 378 g/mol. The van der Waals surface area contributed by atoms with Crippen LogP contribution in [0.3, 0.4) is 0 Å². The lowest BCUT2D eigenvalue weighted by Crippen LogP contribution is -2.44. The molecule has 3 saturated heterocycles. The van der Waals surface area contributed by atoms with Crippen molar-refractivity contribution >= 4 is 15.9 Å². The van der Waals surface area contributed by atoms with Gasteiger partial charge >= 0.3 is 0 Å². The summed E-state index contributed by atoms with van der Waals surface area (Å²) in [5.74, 6) is 0.900. The molecular weight excluding hydrogens is 350 g/mol. The van der Waals surface area contributed by atoms with E-state index in [9.17, 15) is 13.2 Å². The minimum Gasteiger partial charge on any atom is -0.339 e. The van der Waals surface area contributed by atoms with E-state index in [4.69, 9.17) is 0 Å². The highest BCUT2D eigenvalue weighted by Gasteiger charge is 2.48. The van der Waals surface area contributed by atoms with Gasteiger partial charge in [0, 0.05) is 38.8 Å². The molecular formula is C19H27N3O3S. The molecule has 0 bridgehead atoms. The molecule has 1 aromatic rings. The molecule has 0 spiro atoms. The highest BCUT2D eigenvalue weighted by molar-refractivity contribution is 7.89. The molecule has 3 aliphatic rings. The summed E-state index contributed by atoms with van der Waals surface area (Å²) < 4.78 is 27.3. The molecule has 142 valence electrons. The summed E-state index contributed by atoms with van der Waals surface area (Å²) in [5.41, 5.74) is 0. The maximum Gasteiger partial charge on any atom is 0.243 e. The van der Waals surface area contributed by atoms with E-state index in [1.165, 1.54) is 0 Å². The number of sulfonamides is 1. The zero-order valence-electron chi connectivity index (χ0n) is 15.4. The Hall–Kier alpha value is -1.44. The van der Waals surface area contributed by atoms with Crippen LogP contribution in [0.2, 0.25) is 0 Å². The molecule has 3 heterocycles. The van der Waals surface area contributed by atoms with E-state index in [1.807, 2.05) is 11.0 Å². The van der Waals surface area contributed by atoms with Crippen LogP contribution in [-0.2, 0) is 14.8 Å². The Bertz CT molecular complexity index is 766. The van der Waals surface area contributed by atoms with Crippen LogP contribution in [0.15, 0.2) is 35.2 Å². The van der Waals surface area contributed by atoms with E-state index in [1.54, 1.807) is 28.6 Å². The number of likely N-dealkylation sites (tertiary alicyclic amines) is 2. The van der Waals surface area contributed by atoms with Crippen molar-refractivity contribution in [3.05, 3.63) is 30.3 Å². The maximum absolute atomic E-state index is 12.8. The first kappa shape index (κ1) is 17.9. The second-order valence-corrected chi connectivity index (χ2v) is 9.98. The van der Waals surface area contributed by atoms with Gasteiger partial charge in [0.1, 0.15) is 0 Å². The predicted octanol–water partition coefficient (Wildman–Crippen LogP) is 1.25. The van der Waals surface area contributed by atoms with Gasteiger partial charge in [0.25, 0.3) is 0 Å². The topological polar surface area (TPSA) is 60.9 Å². The Kier molecular flexibility index (Phi) is 4.57. The molecule has 0 saturated carbocycles. The molecule has 0 aromatic heterocycles. The second kappa shape index (κ2) is 6.62. The number of carbonyl (C=O) groups excluding carboxylic acids is 1. The summed E-state index contributed by atoms with van der Waals surface area (Å²) in [5, 5.41) is 0. The zero-order valence-corrected chi connectivity index (χ0v) is 16.2. The van der Waals surface area contributed by atoms with Crippen LogP contribution in [0.25, 0.3) is 0 Å². The standard InChI is InChI=1S/C19H27N3O3S/c1-14(2)22-9-8-18(19(22)23)20-10-15-12-21(13-16(15)11-20)26(24,25)17-6-4-3-5-7-17/h3-7,14-16,18H,8-13H2,1-2H3. The third-order valence-corrected chi connectivity index (χ3v) is 7.98. The minimum atomic E-state index is -3.41. The van der Waals surface area contributed by atoms with Crippen molar-refractivity contribution in [2.24, 2.45) is 11.8 Å². The third-order valence-electron chi connectivity index (χ3n) is 6.14. The molecule has 0 N–H and O–H groups in total. The lowest BCUT2D eigenvalue weighted by molar-refractivity contribution is -0.133. The van der Waals surface area contributed by atoms with Crippen LogP contribution < -0.4 is 0 Å². The van der Waals surface area contributed by atoms with Crippen LogP contribution in [0.5, 0.6) is 0 Å². The van der Waals surface area contributed by atoms with Gasteiger partial charge in [0.05, 0.1) is 10.9 Å². The Morgan fingerprint density at radius 3 is 2.15 bits per heavy atom. The van der Waals surface area contributed by atoms with Gasteiger partial charge in [0.2, 0.25) is 15.9 Å². The Morgan fingerprint density at radius 1 is 1.00 bits per heavy atom. The van der Waals surface area contributed by atoms with E-state index < -0.39 is 10.0 Å². The molecule has 26 heavy (non-hydrogen) atoms. The number of nitrogens with zero attached hydrogens (tertiary/aromatic N) is 3. The summed E-state index contributed by atoms with van der Waals surface area (Å²) in [6.45, 7) is 7.74. The van der Waals surface area contributed by atoms with Crippen LogP contribution in [0.1, 0.15) is 20.3 Å². The maximum atomic E-state index is 12.8.